The van der Waals surface area contributed by atoms with Gasteiger partial charge in [0.05, 0.1) is 10.9 Å². The molecule has 0 atom stereocenters. The van der Waals surface area contributed by atoms with E-state index in [0.29, 0.717) is 10.9 Å². The van der Waals surface area contributed by atoms with Gasteiger partial charge < -0.3 is 5.11 Å². The van der Waals surface area contributed by atoms with Gasteiger partial charge in [-0.2, -0.15) is 0 Å². The first-order valence-electron chi connectivity index (χ1n) is 5.02. The number of alkyl halides is 1. The zero-order valence-corrected chi connectivity index (χ0v) is 10.5. The van der Waals surface area contributed by atoms with Gasteiger partial charge in [0, 0.05) is 5.56 Å². The SMILES string of the molecule is O=C(O)c1ccc2cc(C#CCBr)ccc2c1. The Kier molecular flexibility index (Phi) is 3.46. The van der Waals surface area contributed by atoms with E-state index in [-0.39, 0.29) is 0 Å². The number of hydrogen-bond acceptors (Lipinski definition) is 1. The minimum atomic E-state index is -0.907. The Hall–Kier alpha value is -1.79. The molecule has 0 heterocycles. The van der Waals surface area contributed by atoms with Crippen molar-refractivity contribution in [3.05, 3.63) is 47.5 Å². The average Bonchev–Trinajstić information content (AvgIpc) is 2.35. The molecule has 17 heavy (non-hydrogen) atoms. The summed E-state index contributed by atoms with van der Waals surface area (Å²) in [4.78, 5) is 10.8. The highest BCUT2D eigenvalue weighted by Gasteiger charge is 2.03. The Morgan fingerprint density at radius 1 is 1.18 bits per heavy atom. The highest BCUT2D eigenvalue weighted by Crippen LogP contribution is 2.17. The van der Waals surface area contributed by atoms with Crippen LogP contribution in [0, 0.1) is 11.8 Å². The molecule has 3 heteroatoms. The zero-order chi connectivity index (χ0) is 12.3. The van der Waals surface area contributed by atoms with Crippen molar-refractivity contribution in [1.29, 1.82) is 0 Å². The van der Waals surface area contributed by atoms with E-state index in [1.165, 1.54) is 0 Å². The summed E-state index contributed by atoms with van der Waals surface area (Å²) in [5.41, 5.74) is 1.23. The molecule has 0 spiro atoms. The summed E-state index contributed by atoms with van der Waals surface area (Å²) in [5, 5.41) is 11.4. The molecule has 0 saturated carbocycles. The minimum Gasteiger partial charge on any atom is -0.478 e. The average molecular weight is 289 g/mol. The van der Waals surface area contributed by atoms with Crippen LogP contribution < -0.4 is 0 Å². The van der Waals surface area contributed by atoms with Crippen molar-refractivity contribution in [3.8, 4) is 11.8 Å². The molecule has 1 N–H and O–H groups in total. The van der Waals surface area contributed by atoms with Crippen molar-refractivity contribution < 1.29 is 9.90 Å². The Morgan fingerprint density at radius 2 is 1.88 bits per heavy atom. The second-order valence-electron chi connectivity index (χ2n) is 3.52. The van der Waals surface area contributed by atoms with Crippen LogP contribution in [-0.2, 0) is 0 Å². The molecule has 84 valence electrons. The van der Waals surface area contributed by atoms with Crippen molar-refractivity contribution >= 4 is 32.7 Å². The number of carboxylic acids is 1. The molecule has 0 radical (unpaired) electrons. The molecular weight excluding hydrogens is 280 g/mol. The van der Waals surface area contributed by atoms with E-state index in [0.717, 1.165) is 16.3 Å². The van der Waals surface area contributed by atoms with Gasteiger partial charge in [0.1, 0.15) is 0 Å². The summed E-state index contributed by atoms with van der Waals surface area (Å²) in [6, 6.07) is 10.8. The van der Waals surface area contributed by atoms with Gasteiger partial charge in [-0.15, -0.1) is 0 Å². The molecule has 0 amide bonds. The quantitative estimate of drug-likeness (QED) is 0.646. The fourth-order valence-corrected chi connectivity index (χ4v) is 1.73. The lowest BCUT2D eigenvalue weighted by Crippen LogP contribution is -1.95. The zero-order valence-electron chi connectivity index (χ0n) is 8.90. The summed E-state index contributed by atoms with van der Waals surface area (Å²) in [7, 11) is 0. The summed E-state index contributed by atoms with van der Waals surface area (Å²) >= 11 is 3.24. The van der Waals surface area contributed by atoms with E-state index in [9.17, 15) is 4.79 Å². The maximum absolute atomic E-state index is 10.8. The molecule has 2 aromatic rings. The molecule has 0 aliphatic heterocycles. The van der Waals surface area contributed by atoms with Crippen LogP contribution >= 0.6 is 15.9 Å². The normalized spacial score (nSPS) is 9.71. The van der Waals surface area contributed by atoms with Gasteiger partial charge in [-0.3, -0.25) is 0 Å². The summed E-state index contributed by atoms with van der Waals surface area (Å²) in [6.07, 6.45) is 0. The molecular formula is C14H9BrO2. The second-order valence-corrected chi connectivity index (χ2v) is 4.08. The van der Waals surface area contributed by atoms with E-state index in [1.54, 1.807) is 18.2 Å². The fourth-order valence-electron chi connectivity index (χ4n) is 1.59. The number of rotatable bonds is 1. The van der Waals surface area contributed by atoms with Gasteiger partial charge in [-0.05, 0) is 35.0 Å². The Balaban J connectivity index is 2.50. The van der Waals surface area contributed by atoms with E-state index in [1.807, 2.05) is 18.2 Å². The standard InChI is InChI=1S/C14H9BrO2/c15-7-1-2-10-3-4-12-9-13(14(16)17)6-5-11(12)8-10/h3-6,8-9H,7H2,(H,16,17). The molecule has 0 saturated heterocycles. The maximum Gasteiger partial charge on any atom is 0.335 e. The largest absolute Gasteiger partial charge is 0.478 e. The number of hydrogen-bond donors (Lipinski definition) is 1. The number of fused-ring (bicyclic) bond motifs is 1. The van der Waals surface area contributed by atoms with Gasteiger partial charge >= 0.3 is 5.97 Å². The Labute approximate surface area is 107 Å². The first kappa shape index (κ1) is 11.7. The van der Waals surface area contributed by atoms with Crippen molar-refractivity contribution in [2.75, 3.05) is 5.33 Å². The number of carbonyl (C=O) groups is 1. The second kappa shape index (κ2) is 5.03. The molecule has 0 aromatic heterocycles. The van der Waals surface area contributed by atoms with Crippen LogP contribution in [0.25, 0.3) is 10.8 Å². The predicted octanol–water partition coefficient (Wildman–Crippen LogP) is 3.28. The highest BCUT2D eigenvalue weighted by molar-refractivity contribution is 9.09. The predicted molar refractivity (Wildman–Crippen MR) is 71.6 cm³/mol. The lowest BCUT2D eigenvalue weighted by atomic mass is 10.0. The van der Waals surface area contributed by atoms with E-state index in [4.69, 9.17) is 5.11 Å². The van der Waals surface area contributed by atoms with Crippen LogP contribution in [-0.4, -0.2) is 16.4 Å². The molecule has 2 nitrogen and oxygen atoms in total. The molecule has 0 unspecified atom stereocenters. The highest BCUT2D eigenvalue weighted by atomic mass is 79.9. The van der Waals surface area contributed by atoms with Gasteiger partial charge in [-0.25, -0.2) is 4.79 Å². The van der Waals surface area contributed by atoms with E-state index in [2.05, 4.69) is 27.8 Å². The van der Waals surface area contributed by atoms with Crippen LogP contribution in [0.4, 0.5) is 0 Å². The lowest BCUT2D eigenvalue weighted by Gasteiger charge is -2.00. The number of carboxylic acid groups (broad SMARTS) is 1. The van der Waals surface area contributed by atoms with Crippen LogP contribution in [0.1, 0.15) is 15.9 Å². The van der Waals surface area contributed by atoms with Crippen LogP contribution in [0.3, 0.4) is 0 Å². The third-order valence-corrected chi connectivity index (χ3v) is 2.67. The lowest BCUT2D eigenvalue weighted by molar-refractivity contribution is 0.0697. The summed E-state index contributed by atoms with van der Waals surface area (Å²) < 4.78 is 0. The smallest absolute Gasteiger partial charge is 0.335 e. The molecule has 0 aliphatic carbocycles. The minimum absolute atomic E-state index is 0.303. The fraction of sp³-hybridized carbons (Fsp3) is 0.0714. The van der Waals surface area contributed by atoms with Crippen molar-refractivity contribution in [1.82, 2.24) is 0 Å². The molecule has 2 aromatic carbocycles. The van der Waals surface area contributed by atoms with Gasteiger partial charge in [0.2, 0.25) is 0 Å². The van der Waals surface area contributed by atoms with Gasteiger partial charge in [0.15, 0.2) is 0 Å². The van der Waals surface area contributed by atoms with E-state index < -0.39 is 5.97 Å². The maximum atomic E-state index is 10.8. The Morgan fingerprint density at radius 3 is 2.59 bits per heavy atom. The monoisotopic (exact) mass is 288 g/mol. The van der Waals surface area contributed by atoms with Crippen LogP contribution in [0.15, 0.2) is 36.4 Å². The van der Waals surface area contributed by atoms with Crippen LogP contribution in [0.5, 0.6) is 0 Å². The first-order valence-corrected chi connectivity index (χ1v) is 6.15. The van der Waals surface area contributed by atoms with Crippen molar-refractivity contribution in [2.45, 2.75) is 0 Å². The molecule has 0 fully saturated rings. The number of halogens is 1. The molecule has 2 rings (SSSR count). The third kappa shape index (κ3) is 2.66. The van der Waals surface area contributed by atoms with Gasteiger partial charge in [0.25, 0.3) is 0 Å². The number of aromatic carboxylic acids is 1. The summed E-state index contributed by atoms with van der Waals surface area (Å²) in [5.74, 6) is 5.03. The van der Waals surface area contributed by atoms with Crippen molar-refractivity contribution in [2.24, 2.45) is 0 Å². The third-order valence-electron chi connectivity index (χ3n) is 2.39. The van der Waals surface area contributed by atoms with E-state index >= 15 is 0 Å². The first-order chi connectivity index (χ1) is 8.20. The topological polar surface area (TPSA) is 37.3 Å². The number of benzene rings is 2. The molecule has 0 aliphatic rings. The Bertz CT molecular complexity index is 635. The molecule has 0 bridgehead atoms. The summed E-state index contributed by atoms with van der Waals surface area (Å²) in [6.45, 7) is 0. The van der Waals surface area contributed by atoms with Crippen LogP contribution in [0.2, 0.25) is 0 Å². The van der Waals surface area contributed by atoms with Gasteiger partial charge in [-0.1, -0.05) is 39.9 Å². The van der Waals surface area contributed by atoms with Crippen molar-refractivity contribution in [3.63, 3.8) is 0 Å².